The predicted molar refractivity (Wildman–Crippen MR) is 76.0 cm³/mol. The Kier molecular flexibility index (Phi) is 4.50. The number of rotatable bonds is 4. The molecule has 1 atom stereocenters. The lowest BCUT2D eigenvalue weighted by atomic mass is 9.92. The van der Waals surface area contributed by atoms with Crippen LogP contribution in [0.1, 0.15) is 17.0 Å². The van der Waals surface area contributed by atoms with Crippen LogP contribution in [0.25, 0.3) is 0 Å². The molecule has 18 heavy (non-hydrogen) atoms. The van der Waals surface area contributed by atoms with E-state index in [1.54, 1.807) is 12.1 Å². The van der Waals surface area contributed by atoms with Crippen molar-refractivity contribution in [3.8, 4) is 0 Å². The monoisotopic (exact) mass is 307 g/mol. The molecule has 0 aliphatic rings. The molecule has 2 rings (SSSR count). The van der Waals surface area contributed by atoms with Crippen molar-refractivity contribution in [2.45, 2.75) is 12.3 Å². The van der Waals surface area contributed by atoms with Crippen LogP contribution in [0.15, 0.2) is 53.0 Å². The second kappa shape index (κ2) is 6.12. The molecule has 0 bridgehead atoms. The fourth-order valence-corrected chi connectivity index (χ4v) is 2.46. The molecular weight excluding hydrogens is 293 g/mol. The van der Waals surface area contributed by atoms with Crippen molar-refractivity contribution in [2.75, 3.05) is 6.54 Å². The molecule has 3 heteroatoms. The molecule has 0 saturated carbocycles. The number of nitrogens with two attached hydrogens (primary N) is 1. The fourth-order valence-electron chi connectivity index (χ4n) is 2.05. The van der Waals surface area contributed by atoms with Crippen LogP contribution < -0.4 is 5.73 Å². The van der Waals surface area contributed by atoms with Crippen LogP contribution in [-0.4, -0.2) is 6.54 Å². The van der Waals surface area contributed by atoms with Gasteiger partial charge in [0.2, 0.25) is 0 Å². The molecule has 0 saturated heterocycles. The van der Waals surface area contributed by atoms with Crippen LogP contribution in [0, 0.1) is 5.82 Å². The highest BCUT2D eigenvalue weighted by Gasteiger charge is 2.11. The highest BCUT2D eigenvalue weighted by atomic mass is 79.9. The van der Waals surface area contributed by atoms with E-state index < -0.39 is 0 Å². The second-order valence-corrected chi connectivity index (χ2v) is 5.24. The Labute approximate surface area is 115 Å². The number of hydrogen-bond acceptors (Lipinski definition) is 1. The molecule has 0 aliphatic carbocycles. The van der Waals surface area contributed by atoms with Crippen molar-refractivity contribution >= 4 is 15.9 Å². The number of benzene rings is 2. The lowest BCUT2D eigenvalue weighted by Gasteiger charge is -2.15. The third-order valence-corrected chi connectivity index (χ3v) is 3.47. The van der Waals surface area contributed by atoms with Gasteiger partial charge in [-0.05, 0) is 48.4 Å². The quantitative estimate of drug-likeness (QED) is 0.911. The average Bonchev–Trinajstić information content (AvgIpc) is 2.36. The van der Waals surface area contributed by atoms with Crippen molar-refractivity contribution in [3.63, 3.8) is 0 Å². The van der Waals surface area contributed by atoms with Gasteiger partial charge in [0.15, 0.2) is 0 Å². The highest BCUT2D eigenvalue weighted by Crippen LogP contribution is 2.23. The minimum Gasteiger partial charge on any atom is -0.330 e. The predicted octanol–water partition coefficient (Wildman–Crippen LogP) is 3.87. The van der Waals surface area contributed by atoms with E-state index in [0.717, 1.165) is 16.5 Å². The van der Waals surface area contributed by atoms with Gasteiger partial charge in [0.1, 0.15) is 5.82 Å². The number of hydrogen-bond donors (Lipinski definition) is 1. The summed E-state index contributed by atoms with van der Waals surface area (Å²) in [7, 11) is 0. The number of halogens is 2. The van der Waals surface area contributed by atoms with Gasteiger partial charge in [0, 0.05) is 10.4 Å². The van der Waals surface area contributed by atoms with Crippen LogP contribution in [-0.2, 0) is 6.42 Å². The van der Waals surface area contributed by atoms with Crippen LogP contribution >= 0.6 is 15.9 Å². The summed E-state index contributed by atoms with van der Waals surface area (Å²) < 4.78 is 14.2. The Morgan fingerprint density at radius 1 is 1.11 bits per heavy atom. The minimum absolute atomic E-state index is 0.197. The molecule has 94 valence electrons. The van der Waals surface area contributed by atoms with Crippen LogP contribution in [0.4, 0.5) is 4.39 Å². The van der Waals surface area contributed by atoms with Gasteiger partial charge in [-0.2, -0.15) is 0 Å². The zero-order chi connectivity index (χ0) is 13.0. The molecule has 0 aliphatic heterocycles. The molecule has 0 heterocycles. The van der Waals surface area contributed by atoms with E-state index in [4.69, 9.17) is 5.73 Å². The Morgan fingerprint density at radius 3 is 2.56 bits per heavy atom. The van der Waals surface area contributed by atoms with E-state index in [1.807, 2.05) is 18.2 Å². The Morgan fingerprint density at radius 2 is 1.89 bits per heavy atom. The molecule has 0 spiro atoms. The molecule has 1 nitrogen and oxygen atoms in total. The van der Waals surface area contributed by atoms with Crippen molar-refractivity contribution < 1.29 is 4.39 Å². The zero-order valence-corrected chi connectivity index (χ0v) is 11.5. The summed E-state index contributed by atoms with van der Waals surface area (Å²) >= 11 is 3.46. The topological polar surface area (TPSA) is 26.0 Å². The summed E-state index contributed by atoms with van der Waals surface area (Å²) in [6, 6.07) is 14.8. The van der Waals surface area contributed by atoms with Gasteiger partial charge in [0.25, 0.3) is 0 Å². The molecule has 2 aromatic carbocycles. The highest BCUT2D eigenvalue weighted by molar-refractivity contribution is 9.10. The minimum atomic E-state index is -0.197. The van der Waals surface area contributed by atoms with Crippen molar-refractivity contribution in [2.24, 2.45) is 5.73 Å². The molecule has 2 N–H and O–H groups in total. The molecule has 0 amide bonds. The summed E-state index contributed by atoms with van der Waals surface area (Å²) in [5.41, 5.74) is 7.99. The summed E-state index contributed by atoms with van der Waals surface area (Å²) in [5, 5.41) is 0. The molecular formula is C15H15BrFN. The third kappa shape index (κ3) is 3.40. The van der Waals surface area contributed by atoms with E-state index in [-0.39, 0.29) is 11.7 Å². The molecule has 1 unspecified atom stereocenters. The summed E-state index contributed by atoms with van der Waals surface area (Å²) in [6.45, 7) is 0.549. The maximum Gasteiger partial charge on any atom is 0.123 e. The van der Waals surface area contributed by atoms with Gasteiger partial charge in [-0.15, -0.1) is 0 Å². The SMILES string of the molecule is NCC(Cc1cccc(F)c1)c1cccc(Br)c1. The average molecular weight is 308 g/mol. The van der Waals surface area contributed by atoms with E-state index in [9.17, 15) is 4.39 Å². The maximum atomic E-state index is 13.1. The Balaban J connectivity index is 2.19. The van der Waals surface area contributed by atoms with E-state index in [0.29, 0.717) is 6.54 Å². The summed E-state index contributed by atoms with van der Waals surface area (Å²) in [5.74, 6) is 0.0156. The van der Waals surface area contributed by atoms with Crippen LogP contribution in [0.5, 0.6) is 0 Å². The normalized spacial score (nSPS) is 12.4. The van der Waals surface area contributed by atoms with Crippen LogP contribution in [0.2, 0.25) is 0 Å². The van der Waals surface area contributed by atoms with E-state index in [2.05, 4.69) is 28.1 Å². The molecule has 0 fully saturated rings. The molecule has 0 aromatic heterocycles. The first-order valence-corrected chi connectivity index (χ1v) is 6.68. The van der Waals surface area contributed by atoms with Crippen molar-refractivity contribution in [3.05, 3.63) is 69.9 Å². The third-order valence-electron chi connectivity index (χ3n) is 2.98. The lowest BCUT2D eigenvalue weighted by Crippen LogP contribution is -2.15. The van der Waals surface area contributed by atoms with Crippen molar-refractivity contribution in [1.82, 2.24) is 0 Å². The standard InChI is InChI=1S/C15H15BrFN/c16-14-5-2-4-12(9-14)13(10-18)7-11-3-1-6-15(17)8-11/h1-6,8-9,13H,7,10,18H2. The van der Waals surface area contributed by atoms with Gasteiger partial charge in [0.05, 0.1) is 0 Å². The maximum absolute atomic E-state index is 13.1. The first kappa shape index (κ1) is 13.2. The lowest BCUT2D eigenvalue weighted by molar-refractivity contribution is 0.621. The van der Waals surface area contributed by atoms with Gasteiger partial charge in [-0.3, -0.25) is 0 Å². The first-order valence-electron chi connectivity index (χ1n) is 5.89. The van der Waals surface area contributed by atoms with Gasteiger partial charge in [-0.1, -0.05) is 40.2 Å². The van der Waals surface area contributed by atoms with Crippen molar-refractivity contribution in [1.29, 1.82) is 0 Å². The summed E-state index contributed by atoms with van der Waals surface area (Å²) in [6.07, 6.45) is 0.755. The van der Waals surface area contributed by atoms with Gasteiger partial charge in [-0.25, -0.2) is 4.39 Å². The second-order valence-electron chi connectivity index (χ2n) is 4.32. The van der Waals surface area contributed by atoms with Gasteiger partial charge >= 0.3 is 0 Å². The van der Waals surface area contributed by atoms with E-state index >= 15 is 0 Å². The Bertz CT molecular complexity index is 527. The smallest absolute Gasteiger partial charge is 0.123 e. The van der Waals surface area contributed by atoms with Crippen LogP contribution in [0.3, 0.4) is 0 Å². The molecule has 2 aromatic rings. The largest absolute Gasteiger partial charge is 0.330 e. The summed E-state index contributed by atoms with van der Waals surface area (Å²) in [4.78, 5) is 0. The van der Waals surface area contributed by atoms with Gasteiger partial charge < -0.3 is 5.73 Å². The van der Waals surface area contributed by atoms with E-state index in [1.165, 1.54) is 11.6 Å². The fraction of sp³-hybridized carbons (Fsp3) is 0.200. The first-order chi connectivity index (χ1) is 8.69. The molecule has 0 radical (unpaired) electrons. The Hall–Kier alpha value is -1.19. The zero-order valence-electron chi connectivity index (χ0n) is 9.94.